The summed E-state index contributed by atoms with van der Waals surface area (Å²) in [5.74, 6) is 1.64. The molecule has 4 aromatic rings. The van der Waals surface area contributed by atoms with Crippen LogP contribution in [-0.4, -0.2) is 9.97 Å². The maximum Gasteiger partial charge on any atom is 0.138 e. The van der Waals surface area contributed by atoms with Crippen LogP contribution in [0.2, 0.25) is 5.02 Å². The minimum Gasteiger partial charge on any atom is -0.489 e. The molecule has 1 N–H and O–H groups in total. The third kappa shape index (κ3) is 3.12. The van der Waals surface area contributed by atoms with E-state index in [1.54, 1.807) is 0 Å². The summed E-state index contributed by atoms with van der Waals surface area (Å²) in [5.41, 5.74) is 4.02. The fourth-order valence-corrected chi connectivity index (χ4v) is 2.83. The Morgan fingerprint density at radius 3 is 2.67 bits per heavy atom. The van der Waals surface area contributed by atoms with Gasteiger partial charge in [0.15, 0.2) is 0 Å². The Bertz CT molecular complexity index is 961. The molecule has 3 aromatic carbocycles. The fraction of sp³-hybridized carbons (Fsp3) is 0.0500. The van der Waals surface area contributed by atoms with Crippen molar-refractivity contribution in [2.45, 2.75) is 6.61 Å². The molecule has 0 fully saturated rings. The molecule has 0 unspecified atom stereocenters. The molecule has 0 radical (unpaired) electrons. The van der Waals surface area contributed by atoms with Gasteiger partial charge >= 0.3 is 0 Å². The molecule has 0 aliphatic rings. The Morgan fingerprint density at radius 2 is 1.79 bits per heavy atom. The lowest BCUT2D eigenvalue weighted by Crippen LogP contribution is -1.95. The van der Waals surface area contributed by atoms with Gasteiger partial charge in [-0.3, -0.25) is 0 Å². The van der Waals surface area contributed by atoms with Crippen molar-refractivity contribution in [2.75, 3.05) is 0 Å². The Labute approximate surface area is 144 Å². The van der Waals surface area contributed by atoms with Gasteiger partial charge in [-0.1, -0.05) is 48.0 Å². The smallest absolute Gasteiger partial charge is 0.138 e. The zero-order valence-corrected chi connectivity index (χ0v) is 13.6. The van der Waals surface area contributed by atoms with Crippen molar-refractivity contribution < 1.29 is 4.74 Å². The van der Waals surface area contributed by atoms with Crippen molar-refractivity contribution >= 4 is 22.6 Å². The van der Waals surface area contributed by atoms with Crippen LogP contribution in [0, 0.1) is 0 Å². The SMILES string of the molecule is Clc1cccc(COc2cccc(-c3nc4ccccc4[nH]3)c2)c1. The number of nitrogens with one attached hydrogen (secondary N) is 1. The number of H-pyrrole nitrogens is 1. The number of halogens is 1. The molecular formula is C20H15ClN2O. The van der Waals surface area contributed by atoms with Gasteiger partial charge in [0.25, 0.3) is 0 Å². The van der Waals surface area contributed by atoms with Gasteiger partial charge in [-0.05, 0) is 42.0 Å². The summed E-state index contributed by atoms with van der Waals surface area (Å²) in [7, 11) is 0. The minimum atomic E-state index is 0.476. The van der Waals surface area contributed by atoms with Crippen LogP contribution >= 0.6 is 11.6 Å². The molecule has 0 aliphatic heterocycles. The number of hydrogen-bond acceptors (Lipinski definition) is 2. The van der Waals surface area contributed by atoms with E-state index in [0.717, 1.165) is 33.7 Å². The van der Waals surface area contributed by atoms with Gasteiger partial charge in [0.05, 0.1) is 11.0 Å². The van der Waals surface area contributed by atoms with Crippen LogP contribution in [-0.2, 0) is 6.61 Å². The van der Waals surface area contributed by atoms with Gasteiger partial charge in [-0.25, -0.2) is 4.98 Å². The number of hydrogen-bond donors (Lipinski definition) is 1. The van der Waals surface area contributed by atoms with Crippen LogP contribution < -0.4 is 4.74 Å². The summed E-state index contributed by atoms with van der Waals surface area (Å²) >= 11 is 6.00. The van der Waals surface area contributed by atoms with E-state index in [2.05, 4.69) is 9.97 Å². The lowest BCUT2D eigenvalue weighted by atomic mass is 10.2. The minimum absolute atomic E-state index is 0.476. The highest BCUT2D eigenvalue weighted by Gasteiger charge is 2.06. The summed E-state index contributed by atoms with van der Waals surface area (Å²) in [6, 6.07) is 23.6. The second-order valence-corrected chi connectivity index (χ2v) is 5.99. The Balaban J connectivity index is 1.57. The number of nitrogens with zero attached hydrogens (tertiary/aromatic N) is 1. The zero-order valence-electron chi connectivity index (χ0n) is 12.9. The summed E-state index contributed by atoms with van der Waals surface area (Å²) in [4.78, 5) is 7.96. The van der Waals surface area contributed by atoms with Gasteiger partial charge in [0.2, 0.25) is 0 Å². The second kappa shape index (κ2) is 6.38. The van der Waals surface area contributed by atoms with E-state index < -0.39 is 0 Å². The predicted octanol–water partition coefficient (Wildman–Crippen LogP) is 5.46. The van der Waals surface area contributed by atoms with Crippen molar-refractivity contribution in [3.05, 3.63) is 83.4 Å². The molecule has 24 heavy (non-hydrogen) atoms. The van der Waals surface area contributed by atoms with Gasteiger partial charge in [0, 0.05) is 10.6 Å². The van der Waals surface area contributed by atoms with Crippen LogP contribution in [0.4, 0.5) is 0 Å². The molecule has 0 aliphatic carbocycles. The fourth-order valence-electron chi connectivity index (χ4n) is 2.62. The molecule has 0 saturated carbocycles. The molecule has 3 nitrogen and oxygen atoms in total. The normalized spacial score (nSPS) is 10.9. The lowest BCUT2D eigenvalue weighted by Gasteiger charge is -2.07. The molecule has 1 heterocycles. The molecule has 4 rings (SSSR count). The molecule has 0 atom stereocenters. The molecule has 4 heteroatoms. The molecular weight excluding hydrogens is 320 g/mol. The van der Waals surface area contributed by atoms with Crippen molar-refractivity contribution in [2.24, 2.45) is 0 Å². The first kappa shape index (κ1) is 14.8. The third-order valence-electron chi connectivity index (χ3n) is 3.79. The Hall–Kier alpha value is -2.78. The first-order valence-electron chi connectivity index (χ1n) is 7.70. The molecule has 0 bridgehead atoms. The second-order valence-electron chi connectivity index (χ2n) is 5.55. The quantitative estimate of drug-likeness (QED) is 0.538. The number of rotatable bonds is 4. The predicted molar refractivity (Wildman–Crippen MR) is 97.3 cm³/mol. The van der Waals surface area contributed by atoms with E-state index in [0.29, 0.717) is 11.6 Å². The van der Waals surface area contributed by atoms with E-state index >= 15 is 0 Å². The number of ether oxygens (including phenoxy) is 1. The standard InChI is InChI=1S/C20H15ClN2O/c21-16-7-3-5-14(11-16)13-24-17-8-4-6-15(12-17)20-22-18-9-1-2-10-19(18)23-20/h1-12H,13H2,(H,22,23). The maximum atomic E-state index is 6.00. The first-order chi connectivity index (χ1) is 11.8. The van der Waals surface area contributed by atoms with Crippen molar-refractivity contribution in [1.82, 2.24) is 9.97 Å². The number of para-hydroxylation sites is 2. The molecule has 0 amide bonds. The average Bonchev–Trinajstić information content (AvgIpc) is 3.05. The van der Waals surface area contributed by atoms with Gasteiger partial charge in [-0.15, -0.1) is 0 Å². The molecule has 118 valence electrons. The van der Waals surface area contributed by atoms with Gasteiger partial charge in [-0.2, -0.15) is 0 Å². The first-order valence-corrected chi connectivity index (χ1v) is 8.08. The van der Waals surface area contributed by atoms with E-state index in [4.69, 9.17) is 16.3 Å². The topological polar surface area (TPSA) is 37.9 Å². The van der Waals surface area contributed by atoms with Crippen LogP contribution in [0.3, 0.4) is 0 Å². The van der Waals surface area contributed by atoms with E-state index in [1.807, 2.05) is 72.8 Å². The average molecular weight is 335 g/mol. The number of fused-ring (bicyclic) bond motifs is 1. The number of imidazole rings is 1. The highest BCUT2D eigenvalue weighted by atomic mass is 35.5. The monoisotopic (exact) mass is 334 g/mol. The largest absolute Gasteiger partial charge is 0.489 e. The van der Waals surface area contributed by atoms with E-state index in [-0.39, 0.29) is 0 Å². The summed E-state index contributed by atoms with van der Waals surface area (Å²) in [6.45, 7) is 0.476. The lowest BCUT2D eigenvalue weighted by molar-refractivity contribution is 0.306. The van der Waals surface area contributed by atoms with Crippen LogP contribution in [0.1, 0.15) is 5.56 Å². The summed E-state index contributed by atoms with van der Waals surface area (Å²) < 4.78 is 5.88. The summed E-state index contributed by atoms with van der Waals surface area (Å²) in [5, 5.41) is 0.715. The van der Waals surface area contributed by atoms with Gasteiger partial charge < -0.3 is 9.72 Å². The molecule has 1 aromatic heterocycles. The van der Waals surface area contributed by atoms with Crippen molar-refractivity contribution in [1.29, 1.82) is 0 Å². The van der Waals surface area contributed by atoms with E-state index in [9.17, 15) is 0 Å². The Morgan fingerprint density at radius 1 is 0.917 bits per heavy atom. The molecule has 0 spiro atoms. The third-order valence-corrected chi connectivity index (χ3v) is 4.03. The molecule has 0 saturated heterocycles. The van der Waals surface area contributed by atoms with Crippen molar-refractivity contribution in [3.63, 3.8) is 0 Å². The van der Waals surface area contributed by atoms with Gasteiger partial charge in [0.1, 0.15) is 18.2 Å². The number of aromatic amines is 1. The highest BCUT2D eigenvalue weighted by Crippen LogP contribution is 2.24. The Kier molecular flexibility index (Phi) is 3.93. The van der Waals surface area contributed by atoms with Crippen molar-refractivity contribution in [3.8, 4) is 17.1 Å². The van der Waals surface area contributed by atoms with Crippen LogP contribution in [0.25, 0.3) is 22.4 Å². The zero-order chi connectivity index (χ0) is 16.4. The number of benzene rings is 3. The van der Waals surface area contributed by atoms with E-state index in [1.165, 1.54) is 0 Å². The highest BCUT2D eigenvalue weighted by molar-refractivity contribution is 6.30. The van der Waals surface area contributed by atoms with Crippen LogP contribution in [0.5, 0.6) is 5.75 Å². The summed E-state index contributed by atoms with van der Waals surface area (Å²) in [6.07, 6.45) is 0. The van der Waals surface area contributed by atoms with Crippen LogP contribution in [0.15, 0.2) is 72.8 Å². The maximum absolute atomic E-state index is 6.00. The number of aromatic nitrogens is 2.